The predicted octanol–water partition coefficient (Wildman–Crippen LogP) is 3.63. The minimum absolute atomic E-state index is 0.0818. The Bertz CT molecular complexity index is 727. The van der Waals surface area contributed by atoms with Crippen LogP contribution >= 0.6 is 36.0 Å². The zero-order chi connectivity index (χ0) is 17.5. The minimum Gasteiger partial charge on any atom is -0.355 e. The highest BCUT2D eigenvalue weighted by atomic mass is 35.5. The molecule has 128 valence electrons. The number of nitrogens with one attached hydrogen (secondary N) is 2. The van der Waals surface area contributed by atoms with Crippen molar-refractivity contribution < 1.29 is 4.79 Å². The molecule has 8 heteroatoms. The summed E-state index contributed by atoms with van der Waals surface area (Å²) in [6, 6.07) is 7.68. The first-order chi connectivity index (χ1) is 11.5. The summed E-state index contributed by atoms with van der Waals surface area (Å²) in [5.41, 5.74) is 3.30. The average Bonchev–Trinajstić information content (AvgIpc) is 2.55. The van der Waals surface area contributed by atoms with Crippen molar-refractivity contribution in [1.29, 1.82) is 0 Å². The largest absolute Gasteiger partial charge is 0.355 e. The summed E-state index contributed by atoms with van der Waals surface area (Å²) in [5.74, 6) is 1.36. The number of benzene rings is 1. The van der Waals surface area contributed by atoms with Crippen molar-refractivity contribution in [2.24, 2.45) is 0 Å². The smallest absolute Gasteiger partial charge is 0.230 e. The molecule has 0 aliphatic carbocycles. The lowest BCUT2D eigenvalue weighted by atomic mass is 10.1. The summed E-state index contributed by atoms with van der Waals surface area (Å²) in [4.78, 5) is 20.2. The number of halogens is 1. The maximum atomic E-state index is 11.6. The van der Waals surface area contributed by atoms with Gasteiger partial charge in [0.15, 0.2) is 5.16 Å². The van der Waals surface area contributed by atoms with Crippen LogP contribution in [0.5, 0.6) is 0 Å². The van der Waals surface area contributed by atoms with E-state index >= 15 is 0 Å². The van der Waals surface area contributed by atoms with E-state index in [1.807, 2.05) is 19.1 Å². The van der Waals surface area contributed by atoms with Gasteiger partial charge in [-0.25, -0.2) is 9.97 Å². The molecule has 0 saturated heterocycles. The maximum absolute atomic E-state index is 11.6. The number of thiol groups is 1. The topological polar surface area (TPSA) is 66.9 Å². The fraction of sp³-hybridized carbons (Fsp3) is 0.312. The second kappa shape index (κ2) is 9.15. The molecule has 0 bridgehead atoms. The van der Waals surface area contributed by atoms with Gasteiger partial charge in [-0.05, 0) is 31.0 Å². The molecule has 1 aromatic carbocycles. The van der Waals surface area contributed by atoms with E-state index in [2.05, 4.69) is 46.2 Å². The van der Waals surface area contributed by atoms with E-state index in [9.17, 15) is 4.79 Å². The number of carbonyl (C=O) groups excluding carboxylic acids is 1. The number of carbonyl (C=O) groups is 1. The normalized spacial score (nSPS) is 10.5. The molecule has 24 heavy (non-hydrogen) atoms. The second-order valence-electron chi connectivity index (χ2n) is 5.09. The van der Waals surface area contributed by atoms with Crippen LogP contribution in [-0.4, -0.2) is 33.9 Å². The number of hydrogen-bond donors (Lipinski definition) is 3. The monoisotopic (exact) mass is 382 g/mol. The number of hydrogen-bond acceptors (Lipinski definition) is 6. The molecule has 0 aliphatic heterocycles. The van der Waals surface area contributed by atoms with Crippen LogP contribution in [0.2, 0.25) is 5.15 Å². The Balaban J connectivity index is 2.08. The summed E-state index contributed by atoms with van der Waals surface area (Å²) >= 11 is 11.4. The number of amides is 1. The molecule has 1 heterocycles. The number of rotatable bonds is 7. The summed E-state index contributed by atoms with van der Waals surface area (Å²) < 4.78 is 0. The van der Waals surface area contributed by atoms with E-state index in [1.54, 1.807) is 6.07 Å². The molecular weight excluding hydrogens is 364 g/mol. The van der Waals surface area contributed by atoms with Crippen molar-refractivity contribution in [3.63, 3.8) is 0 Å². The van der Waals surface area contributed by atoms with Gasteiger partial charge >= 0.3 is 0 Å². The third-order valence-electron chi connectivity index (χ3n) is 3.31. The van der Waals surface area contributed by atoms with E-state index in [1.165, 1.54) is 17.3 Å². The first-order valence-electron chi connectivity index (χ1n) is 7.38. The Morgan fingerprint density at radius 3 is 2.88 bits per heavy atom. The standard InChI is InChI=1S/C16H19ClN4OS2/c1-10-4-3-5-12(11(10)2)19-14-8-13(17)20-16(21-14)24-9-15(22)18-6-7-23/h3-5,8,23H,6-7,9H2,1-2H3,(H,18,22)(H,19,20,21). The highest BCUT2D eigenvalue weighted by molar-refractivity contribution is 7.99. The summed E-state index contributed by atoms with van der Waals surface area (Å²) in [6.45, 7) is 4.64. The molecule has 2 rings (SSSR count). The predicted molar refractivity (Wildman–Crippen MR) is 104 cm³/mol. The Kier molecular flexibility index (Phi) is 7.20. The van der Waals surface area contributed by atoms with Crippen molar-refractivity contribution in [3.8, 4) is 0 Å². The van der Waals surface area contributed by atoms with Gasteiger partial charge in [-0.3, -0.25) is 4.79 Å². The molecule has 0 aliphatic rings. The number of aryl methyl sites for hydroxylation is 1. The van der Waals surface area contributed by atoms with Gasteiger partial charge in [0, 0.05) is 24.1 Å². The summed E-state index contributed by atoms with van der Waals surface area (Å²) in [7, 11) is 0. The third-order valence-corrected chi connectivity index (χ3v) is 4.57. The van der Waals surface area contributed by atoms with Crippen LogP contribution in [0.15, 0.2) is 29.4 Å². The van der Waals surface area contributed by atoms with Crippen LogP contribution in [0.4, 0.5) is 11.5 Å². The van der Waals surface area contributed by atoms with Crippen LogP contribution in [0.1, 0.15) is 11.1 Å². The highest BCUT2D eigenvalue weighted by Gasteiger charge is 2.09. The Morgan fingerprint density at radius 2 is 2.12 bits per heavy atom. The quantitative estimate of drug-likeness (QED) is 0.295. The van der Waals surface area contributed by atoms with Crippen molar-refractivity contribution >= 4 is 53.4 Å². The number of thioether (sulfide) groups is 1. The third kappa shape index (κ3) is 5.58. The van der Waals surface area contributed by atoms with E-state index in [0.29, 0.717) is 28.4 Å². The zero-order valence-corrected chi connectivity index (χ0v) is 15.9. The summed E-state index contributed by atoms with van der Waals surface area (Å²) in [6.07, 6.45) is 0. The fourth-order valence-corrected chi connectivity index (χ4v) is 2.96. The van der Waals surface area contributed by atoms with Crippen LogP contribution in [0.3, 0.4) is 0 Å². The minimum atomic E-state index is -0.0818. The van der Waals surface area contributed by atoms with Gasteiger partial charge in [0.1, 0.15) is 11.0 Å². The molecule has 0 unspecified atom stereocenters. The number of anilines is 2. The van der Waals surface area contributed by atoms with Crippen molar-refractivity contribution in [1.82, 2.24) is 15.3 Å². The van der Waals surface area contributed by atoms with Crippen molar-refractivity contribution in [3.05, 3.63) is 40.5 Å². The van der Waals surface area contributed by atoms with Gasteiger partial charge in [-0.2, -0.15) is 12.6 Å². The Hall–Kier alpha value is -1.44. The van der Waals surface area contributed by atoms with Gasteiger partial charge in [0.2, 0.25) is 5.91 Å². The van der Waals surface area contributed by atoms with Crippen LogP contribution in [0.25, 0.3) is 0 Å². The van der Waals surface area contributed by atoms with Crippen LogP contribution in [0, 0.1) is 13.8 Å². The van der Waals surface area contributed by atoms with Gasteiger partial charge in [-0.15, -0.1) is 0 Å². The van der Waals surface area contributed by atoms with E-state index in [4.69, 9.17) is 11.6 Å². The van der Waals surface area contributed by atoms with E-state index in [0.717, 1.165) is 11.3 Å². The summed E-state index contributed by atoms with van der Waals surface area (Å²) in [5, 5.41) is 6.79. The molecule has 0 radical (unpaired) electrons. The van der Waals surface area contributed by atoms with Crippen molar-refractivity contribution in [2.75, 3.05) is 23.4 Å². The number of nitrogens with zero attached hydrogens (tertiary/aromatic N) is 2. The van der Waals surface area contributed by atoms with Crippen molar-refractivity contribution in [2.45, 2.75) is 19.0 Å². The lowest BCUT2D eigenvalue weighted by Crippen LogP contribution is -2.27. The van der Waals surface area contributed by atoms with Gasteiger partial charge in [0.25, 0.3) is 0 Å². The van der Waals surface area contributed by atoms with Gasteiger partial charge in [-0.1, -0.05) is 35.5 Å². The van der Waals surface area contributed by atoms with Gasteiger partial charge in [0.05, 0.1) is 5.75 Å². The average molecular weight is 383 g/mol. The molecule has 2 N–H and O–H groups in total. The second-order valence-corrected chi connectivity index (χ2v) is 6.87. The lowest BCUT2D eigenvalue weighted by Gasteiger charge is -2.11. The van der Waals surface area contributed by atoms with Gasteiger partial charge < -0.3 is 10.6 Å². The molecular formula is C16H19ClN4OS2. The Morgan fingerprint density at radius 1 is 1.33 bits per heavy atom. The zero-order valence-electron chi connectivity index (χ0n) is 13.5. The molecule has 1 amide bonds. The molecule has 2 aromatic rings. The van der Waals surface area contributed by atoms with Crippen LogP contribution in [-0.2, 0) is 4.79 Å². The lowest BCUT2D eigenvalue weighted by molar-refractivity contribution is -0.118. The molecule has 1 aromatic heterocycles. The van der Waals surface area contributed by atoms with E-state index < -0.39 is 0 Å². The molecule has 0 saturated carbocycles. The highest BCUT2D eigenvalue weighted by Crippen LogP contribution is 2.25. The van der Waals surface area contributed by atoms with Crippen LogP contribution < -0.4 is 10.6 Å². The molecule has 0 spiro atoms. The van der Waals surface area contributed by atoms with E-state index in [-0.39, 0.29) is 11.7 Å². The first kappa shape index (κ1) is 18.9. The maximum Gasteiger partial charge on any atom is 0.230 e. The first-order valence-corrected chi connectivity index (χ1v) is 9.37. The SMILES string of the molecule is Cc1cccc(Nc2cc(Cl)nc(SCC(=O)NCCS)n2)c1C. The molecule has 5 nitrogen and oxygen atoms in total. The molecule has 0 fully saturated rings. The fourth-order valence-electron chi connectivity index (χ4n) is 1.93. The number of aromatic nitrogens is 2. The molecule has 0 atom stereocenters. The Labute approximate surface area is 156 Å².